The summed E-state index contributed by atoms with van der Waals surface area (Å²) in [6.45, 7) is 7.66. The van der Waals surface area contributed by atoms with E-state index in [1.54, 1.807) is 0 Å². The van der Waals surface area contributed by atoms with Gasteiger partial charge in [-0.15, -0.1) is 0 Å². The molecule has 140 valence electrons. The number of anilines is 2. The topological polar surface area (TPSA) is 83.7 Å². The van der Waals surface area contributed by atoms with Gasteiger partial charge in [-0.1, -0.05) is 5.16 Å². The minimum absolute atomic E-state index is 0.409. The molecule has 0 N–H and O–H groups in total. The van der Waals surface area contributed by atoms with E-state index in [9.17, 15) is 0 Å². The molecule has 2 aromatic heterocycles. The number of rotatable bonds is 5. The van der Waals surface area contributed by atoms with E-state index in [0.717, 1.165) is 57.6 Å². The van der Waals surface area contributed by atoms with Crippen molar-refractivity contribution in [3.05, 3.63) is 24.0 Å². The summed E-state index contributed by atoms with van der Waals surface area (Å²) in [5, 5.41) is 3.86. The second-order valence-corrected chi connectivity index (χ2v) is 6.84. The van der Waals surface area contributed by atoms with E-state index in [2.05, 4.69) is 36.9 Å². The summed E-state index contributed by atoms with van der Waals surface area (Å²) in [5.74, 6) is 3.11. The van der Waals surface area contributed by atoms with Gasteiger partial charge in [-0.05, 0) is 19.4 Å². The largest absolute Gasteiger partial charge is 0.378 e. The Kier molecular flexibility index (Phi) is 4.98. The van der Waals surface area contributed by atoms with Crippen molar-refractivity contribution in [1.29, 1.82) is 0 Å². The zero-order valence-electron chi connectivity index (χ0n) is 15.3. The molecule has 9 nitrogen and oxygen atoms in total. The minimum atomic E-state index is 0.409. The van der Waals surface area contributed by atoms with E-state index in [1.807, 2.05) is 19.2 Å². The first-order valence-electron chi connectivity index (χ1n) is 9.09. The van der Waals surface area contributed by atoms with Crippen LogP contribution in [0.25, 0.3) is 0 Å². The number of morpholine rings is 1. The molecule has 2 fully saturated rings. The van der Waals surface area contributed by atoms with Crippen LogP contribution in [0.5, 0.6) is 0 Å². The number of hydrogen-bond donors (Lipinski definition) is 0. The highest BCUT2D eigenvalue weighted by Gasteiger charge is 2.28. The molecule has 0 bridgehead atoms. The summed E-state index contributed by atoms with van der Waals surface area (Å²) >= 11 is 0. The van der Waals surface area contributed by atoms with Crippen molar-refractivity contribution in [2.75, 3.05) is 56.2 Å². The lowest BCUT2D eigenvalue weighted by Crippen LogP contribution is -2.38. The van der Waals surface area contributed by atoms with Crippen molar-refractivity contribution < 1.29 is 9.26 Å². The molecule has 2 aromatic rings. The first kappa shape index (κ1) is 17.2. The van der Waals surface area contributed by atoms with Gasteiger partial charge < -0.3 is 19.1 Å². The molecule has 1 atom stereocenters. The Hall–Kier alpha value is -2.26. The van der Waals surface area contributed by atoms with Crippen LogP contribution in [0.4, 0.5) is 11.8 Å². The highest BCUT2D eigenvalue weighted by Crippen LogP contribution is 2.22. The Balaban J connectivity index is 1.39. The lowest BCUT2D eigenvalue weighted by Gasteiger charge is -2.29. The Labute approximate surface area is 153 Å². The van der Waals surface area contributed by atoms with Gasteiger partial charge >= 0.3 is 0 Å². The van der Waals surface area contributed by atoms with Crippen molar-refractivity contribution in [2.45, 2.75) is 25.9 Å². The summed E-state index contributed by atoms with van der Waals surface area (Å²) in [6.07, 6.45) is 2.93. The Morgan fingerprint density at radius 2 is 2.08 bits per heavy atom. The Morgan fingerprint density at radius 3 is 2.85 bits per heavy atom. The quantitative estimate of drug-likeness (QED) is 0.766. The van der Waals surface area contributed by atoms with Crippen LogP contribution in [-0.2, 0) is 11.3 Å². The third-order valence-electron chi connectivity index (χ3n) is 5.01. The average molecular weight is 359 g/mol. The van der Waals surface area contributed by atoms with Gasteiger partial charge in [-0.25, -0.2) is 4.98 Å². The number of likely N-dealkylation sites (tertiary alicyclic amines) is 1. The van der Waals surface area contributed by atoms with E-state index in [4.69, 9.17) is 14.2 Å². The van der Waals surface area contributed by atoms with E-state index >= 15 is 0 Å². The fourth-order valence-corrected chi connectivity index (χ4v) is 3.51. The molecule has 0 amide bonds. The van der Waals surface area contributed by atoms with Crippen LogP contribution in [0.3, 0.4) is 0 Å². The molecule has 0 radical (unpaired) electrons. The molecule has 0 saturated carbocycles. The number of aromatic nitrogens is 4. The van der Waals surface area contributed by atoms with E-state index in [0.29, 0.717) is 24.3 Å². The number of ether oxygens (including phenoxy) is 1. The SMILES string of the molecule is Cc1noc(CN2CCC(N(C)c3ccnc(N4CCOCC4)n3)C2)n1. The number of likely N-dealkylation sites (N-methyl/N-ethyl adjacent to an activating group) is 1. The fraction of sp³-hybridized carbons (Fsp3) is 0.647. The van der Waals surface area contributed by atoms with Gasteiger partial charge in [0.2, 0.25) is 11.8 Å². The van der Waals surface area contributed by atoms with Gasteiger partial charge in [0.15, 0.2) is 5.82 Å². The molecule has 0 aromatic carbocycles. The molecule has 2 aliphatic rings. The minimum Gasteiger partial charge on any atom is -0.378 e. The summed E-state index contributed by atoms with van der Waals surface area (Å²) in [7, 11) is 2.11. The monoisotopic (exact) mass is 359 g/mol. The standard InChI is InChI=1S/C17H25N7O2/c1-13-19-16(26-21-13)12-23-6-4-14(11-23)22(2)15-3-5-18-17(20-15)24-7-9-25-10-8-24/h3,5,14H,4,6-12H2,1-2H3. The molecular weight excluding hydrogens is 334 g/mol. The molecule has 1 unspecified atom stereocenters. The predicted molar refractivity (Wildman–Crippen MR) is 96.2 cm³/mol. The van der Waals surface area contributed by atoms with Crippen molar-refractivity contribution in [3.8, 4) is 0 Å². The maximum Gasteiger partial charge on any atom is 0.240 e. The third-order valence-corrected chi connectivity index (χ3v) is 5.01. The Morgan fingerprint density at radius 1 is 1.23 bits per heavy atom. The van der Waals surface area contributed by atoms with Crippen LogP contribution >= 0.6 is 0 Å². The van der Waals surface area contributed by atoms with Gasteiger partial charge in [0.1, 0.15) is 5.82 Å². The van der Waals surface area contributed by atoms with Gasteiger partial charge in [0, 0.05) is 45.5 Å². The number of nitrogens with zero attached hydrogens (tertiary/aromatic N) is 7. The number of aryl methyl sites for hydroxylation is 1. The molecule has 0 spiro atoms. The van der Waals surface area contributed by atoms with Crippen LogP contribution < -0.4 is 9.80 Å². The summed E-state index contributed by atoms with van der Waals surface area (Å²) < 4.78 is 10.6. The van der Waals surface area contributed by atoms with Crippen molar-refractivity contribution in [1.82, 2.24) is 25.0 Å². The Bertz CT molecular complexity index is 731. The lowest BCUT2D eigenvalue weighted by atomic mass is 10.2. The molecule has 0 aliphatic carbocycles. The predicted octanol–water partition coefficient (Wildman–Crippen LogP) is 0.715. The molecule has 2 aliphatic heterocycles. The summed E-state index contributed by atoms with van der Waals surface area (Å²) in [4.78, 5) is 20.3. The normalized spacial score (nSPS) is 21.3. The van der Waals surface area contributed by atoms with Crippen LogP contribution in [0, 0.1) is 6.92 Å². The smallest absolute Gasteiger partial charge is 0.240 e. The molecule has 9 heteroatoms. The van der Waals surface area contributed by atoms with E-state index in [1.165, 1.54) is 0 Å². The zero-order chi connectivity index (χ0) is 17.9. The van der Waals surface area contributed by atoms with E-state index < -0.39 is 0 Å². The first-order valence-corrected chi connectivity index (χ1v) is 9.09. The van der Waals surface area contributed by atoms with Gasteiger partial charge in [0.25, 0.3) is 0 Å². The van der Waals surface area contributed by atoms with Gasteiger partial charge in [-0.3, -0.25) is 4.90 Å². The van der Waals surface area contributed by atoms with Crippen LogP contribution in [0.2, 0.25) is 0 Å². The van der Waals surface area contributed by atoms with Crippen LogP contribution in [-0.4, -0.2) is 77.5 Å². The number of hydrogen-bond acceptors (Lipinski definition) is 9. The average Bonchev–Trinajstić information content (AvgIpc) is 3.31. The molecule has 4 heterocycles. The van der Waals surface area contributed by atoms with Crippen molar-refractivity contribution >= 4 is 11.8 Å². The zero-order valence-corrected chi connectivity index (χ0v) is 15.3. The fourth-order valence-electron chi connectivity index (χ4n) is 3.51. The third kappa shape index (κ3) is 3.78. The molecule has 26 heavy (non-hydrogen) atoms. The van der Waals surface area contributed by atoms with E-state index in [-0.39, 0.29) is 0 Å². The van der Waals surface area contributed by atoms with Crippen molar-refractivity contribution in [3.63, 3.8) is 0 Å². The van der Waals surface area contributed by atoms with Crippen LogP contribution in [0.1, 0.15) is 18.1 Å². The highest BCUT2D eigenvalue weighted by atomic mass is 16.5. The molecule has 4 rings (SSSR count). The summed E-state index contributed by atoms with van der Waals surface area (Å²) in [6, 6.07) is 2.39. The second kappa shape index (κ2) is 7.55. The highest BCUT2D eigenvalue weighted by molar-refractivity contribution is 5.44. The van der Waals surface area contributed by atoms with Crippen LogP contribution in [0.15, 0.2) is 16.8 Å². The maximum absolute atomic E-state index is 5.41. The van der Waals surface area contributed by atoms with Crippen molar-refractivity contribution in [2.24, 2.45) is 0 Å². The first-order chi connectivity index (χ1) is 12.7. The second-order valence-electron chi connectivity index (χ2n) is 6.84. The maximum atomic E-state index is 5.41. The van der Waals surface area contributed by atoms with Gasteiger partial charge in [0.05, 0.1) is 19.8 Å². The molecular formula is C17H25N7O2. The molecule has 2 saturated heterocycles. The van der Waals surface area contributed by atoms with Gasteiger partial charge in [-0.2, -0.15) is 9.97 Å². The lowest BCUT2D eigenvalue weighted by molar-refractivity contribution is 0.122. The summed E-state index contributed by atoms with van der Waals surface area (Å²) in [5.41, 5.74) is 0.